The van der Waals surface area contributed by atoms with Gasteiger partial charge in [-0.1, -0.05) is 43.0 Å². The maximum Gasteiger partial charge on any atom is 0.311 e. The van der Waals surface area contributed by atoms with Gasteiger partial charge in [-0.2, -0.15) is 0 Å². The normalized spacial score (nSPS) is 13.6. The minimum absolute atomic E-state index is 0.0697. The number of hydrogen-bond acceptors (Lipinski definition) is 6. The Morgan fingerprint density at radius 2 is 1.94 bits per heavy atom. The van der Waals surface area contributed by atoms with Gasteiger partial charge in [0.15, 0.2) is 0 Å². The predicted octanol–water partition coefficient (Wildman–Crippen LogP) is 5.75. The fourth-order valence-corrected chi connectivity index (χ4v) is 4.25. The molecule has 1 amide bonds. The number of carbonyl (C=O) groups is 2. The number of rotatable bonds is 7. The van der Waals surface area contributed by atoms with Gasteiger partial charge in [-0.3, -0.25) is 9.59 Å². The van der Waals surface area contributed by atoms with Gasteiger partial charge in [-0.25, -0.2) is 4.99 Å². The molecular formula is C25H29N3O3S. The predicted molar refractivity (Wildman–Crippen MR) is 133 cm³/mol. The van der Waals surface area contributed by atoms with E-state index < -0.39 is 0 Å². The number of thioether (sulfide) groups is 1. The zero-order chi connectivity index (χ0) is 23.1. The van der Waals surface area contributed by atoms with Crippen LogP contribution in [-0.4, -0.2) is 28.8 Å². The lowest BCUT2D eigenvalue weighted by molar-refractivity contribution is -0.142. The van der Waals surface area contributed by atoms with Gasteiger partial charge in [0.25, 0.3) is 0 Å². The first-order valence-corrected chi connectivity index (χ1v) is 11.6. The number of hydrogen-bond donors (Lipinski definition) is 2. The number of para-hydroxylation sites is 2. The average molecular weight is 452 g/mol. The maximum absolute atomic E-state index is 13.1. The third-order valence-corrected chi connectivity index (χ3v) is 6.23. The van der Waals surface area contributed by atoms with Gasteiger partial charge >= 0.3 is 5.97 Å². The summed E-state index contributed by atoms with van der Waals surface area (Å²) in [5.74, 6) is -0.380. The van der Waals surface area contributed by atoms with Crippen LogP contribution >= 0.6 is 11.8 Å². The summed E-state index contributed by atoms with van der Waals surface area (Å²) in [5, 5.41) is 6.68. The van der Waals surface area contributed by atoms with Crippen LogP contribution in [0.15, 0.2) is 59.2 Å². The summed E-state index contributed by atoms with van der Waals surface area (Å²) in [7, 11) is 0. The lowest BCUT2D eigenvalue weighted by Gasteiger charge is -2.16. The summed E-state index contributed by atoms with van der Waals surface area (Å²) in [4.78, 5) is 29.9. The molecule has 6 nitrogen and oxygen atoms in total. The zero-order valence-electron chi connectivity index (χ0n) is 18.9. The van der Waals surface area contributed by atoms with Gasteiger partial charge in [0.2, 0.25) is 5.91 Å². The summed E-state index contributed by atoms with van der Waals surface area (Å²) in [5.41, 5.74) is 5.19. The maximum atomic E-state index is 13.1. The number of aliphatic imine (C=N–C) groups is 1. The molecule has 32 heavy (non-hydrogen) atoms. The molecule has 0 saturated carbocycles. The molecular weight excluding hydrogens is 422 g/mol. The Bertz CT molecular complexity index is 1060. The van der Waals surface area contributed by atoms with Gasteiger partial charge in [0, 0.05) is 11.4 Å². The summed E-state index contributed by atoms with van der Waals surface area (Å²) in [6, 6.07) is 13.6. The molecule has 2 N–H and O–H groups in total. The Balaban J connectivity index is 1.83. The zero-order valence-corrected chi connectivity index (χ0v) is 19.7. The molecule has 1 aliphatic rings. The summed E-state index contributed by atoms with van der Waals surface area (Å²) in [6.07, 6.45) is 2.57. The Morgan fingerprint density at radius 3 is 2.69 bits per heavy atom. The number of nitrogens with one attached hydrogen (secondary N) is 2. The average Bonchev–Trinajstić information content (AvgIpc) is 2.92. The monoisotopic (exact) mass is 451 g/mol. The van der Waals surface area contributed by atoms with Crippen LogP contribution in [0.2, 0.25) is 0 Å². The first-order chi connectivity index (χ1) is 15.4. The molecule has 3 rings (SSSR count). The van der Waals surface area contributed by atoms with Gasteiger partial charge < -0.3 is 15.4 Å². The standard InChI is InChI=1S/C25H29N3O3S/c1-5-22(25(30)28-21-13-16(3)11-12-17(21)4)32-23-14-18(15-24(29)31-6-2)26-19-9-7-8-10-20(19)27-23/h7-14,22,26H,5-6,15H2,1-4H3,(H,28,30). The molecule has 1 atom stereocenters. The Hall–Kier alpha value is -3.06. The van der Waals surface area contributed by atoms with Crippen molar-refractivity contribution in [1.29, 1.82) is 0 Å². The van der Waals surface area contributed by atoms with E-state index in [1.807, 2.05) is 69.3 Å². The highest BCUT2D eigenvalue weighted by molar-refractivity contribution is 8.15. The minimum Gasteiger partial charge on any atom is -0.466 e. The second kappa shape index (κ2) is 11.0. The van der Waals surface area contributed by atoms with E-state index in [9.17, 15) is 9.59 Å². The first kappa shape index (κ1) is 23.6. The van der Waals surface area contributed by atoms with E-state index in [1.54, 1.807) is 6.92 Å². The molecule has 2 aromatic rings. The van der Waals surface area contributed by atoms with E-state index in [-0.39, 0.29) is 23.5 Å². The number of anilines is 2. The van der Waals surface area contributed by atoms with Crippen LogP contribution in [0, 0.1) is 13.8 Å². The first-order valence-electron chi connectivity index (χ1n) is 10.7. The molecule has 0 aliphatic carbocycles. The van der Waals surface area contributed by atoms with Crippen LogP contribution < -0.4 is 10.6 Å². The van der Waals surface area contributed by atoms with E-state index in [2.05, 4.69) is 10.6 Å². The molecule has 7 heteroatoms. The van der Waals surface area contributed by atoms with Crippen molar-refractivity contribution in [2.45, 2.75) is 45.8 Å². The molecule has 1 aliphatic heterocycles. The van der Waals surface area contributed by atoms with Crippen LogP contribution in [0.1, 0.15) is 37.8 Å². The largest absolute Gasteiger partial charge is 0.466 e. The van der Waals surface area contributed by atoms with E-state index >= 15 is 0 Å². The van der Waals surface area contributed by atoms with Crippen LogP contribution in [0.5, 0.6) is 0 Å². The summed E-state index contributed by atoms with van der Waals surface area (Å²) < 4.78 is 5.11. The fraction of sp³-hybridized carbons (Fsp3) is 0.320. The number of carbonyl (C=O) groups excluding carboxylic acids is 2. The Morgan fingerprint density at radius 1 is 1.16 bits per heavy atom. The molecule has 168 valence electrons. The van der Waals surface area contributed by atoms with Crippen LogP contribution in [-0.2, 0) is 14.3 Å². The van der Waals surface area contributed by atoms with E-state index in [0.29, 0.717) is 23.8 Å². The van der Waals surface area contributed by atoms with Gasteiger partial charge in [0.05, 0.1) is 34.7 Å². The molecule has 0 fully saturated rings. The van der Waals surface area contributed by atoms with Crippen LogP contribution in [0.4, 0.5) is 17.1 Å². The number of esters is 1. The highest BCUT2D eigenvalue weighted by Crippen LogP contribution is 2.32. The Kier molecular flexibility index (Phi) is 8.11. The topological polar surface area (TPSA) is 79.8 Å². The molecule has 0 radical (unpaired) electrons. The molecule has 0 aromatic heterocycles. The SMILES string of the molecule is CCOC(=O)CC1=CC(SC(CC)C(=O)Nc2cc(C)ccc2C)=Nc2ccccc2N1. The quantitative estimate of drug-likeness (QED) is 0.524. The molecule has 1 heterocycles. The number of ether oxygens (including phenoxy) is 1. The Labute approximate surface area is 193 Å². The van der Waals surface area contributed by atoms with Crippen molar-refractivity contribution in [3.8, 4) is 0 Å². The third kappa shape index (κ3) is 6.23. The third-order valence-electron chi connectivity index (χ3n) is 4.94. The van der Waals surface area contributed by atoms with Crippen molar-refractivity contribution in [2.75, 3.05) is 17.2 Å². The second-order valence-corrected chi connectivity index (χ2v) is 8.79. The van der Waals surface area contributed by atoms with Crippen molar-refractivity contribution < 1.29 is 14.3 Å². The smallest absolute Gasteiger partial charge is 0.311 e. The molecule has 0 saturated heterocycles. The number of benzene rings is 2. The number of amides is 1. The van der Waals surface area contributed by atoms with Crippen molar-refractivity contribution >= 4 is 45.7 Å². The number of aryl methyl sites for hydroxylation is 2. The van der Waals surface area contributed by atoms with Crippen molar-refractivity contribution in [3.05, 3.63) is 65.4 Å². The highest BCUT2D eigenvalue weighted by Gasteiger charge is 2.22. The van der Waals surface area contributed by atoms with E-state index in [1.165, 1.54) is 11.8 Å². The number of fused-ring (bicyclic) bond motifs is 1. The van der Waals surface area contributed by atoms with Gasteiger partial charge in [-0.15, -0.1) is 0 Å². The highest BCUT2D eigenvalue weighted by atomic mass is 32.2. The molecule has 0 bridgehead atoms. The molecule has 1 unspecified atom stereocenters. The molecule has 2 aromatic carbocycles. The summed E-state index contributed by atoms with van der Waals surface area (Å²) >= 11 is 1.39. The van der Waals surface area contributed by atoms with Crippen molar-refractivity contribution in [1.82, 2.24) is 0 Å². The van der Waals surface area contributed by atoms with Crippen LogP contribution in [0.3, 0.4) is 0 Å². The summed E-state index contributed by atoms with van der Waals surface area (Å²) in [6.45, 7) is 8.07. The number of nitrogens with zero attached hydrogens (tertiary/aromatic N) is 1. The van der Waals surface area contributed by atoms with E-state index in [4.69, 9.17) is 9.73 Å². The van der Waals surface area contributed by atoms with E-state index in [0.717, 1.165) is 28.2 Å². The molecule has 0 spiro atoms. The van der Waals surface area contributed by atoms with Crippen molar-refractivity contribution in [3.63, 3.8) is 0 Å². The minimum atomic E-state index is -0.334. The van der Waals surface area contributed by atoms with Crippen molar-refractivity contribution in [2.24, 2.45) is 4.99 Å². The lowest BCUT2D eigenvalue weighted by atomic mass is 10.1. The lowest BCUT2D eigenvalue weighted by Crippen LogP contribution is -2.26. The fourth-order valence-electron chi connectivity index (χ4n) is 3.26. The van der Waals surface area contributed by atoms with Crippen LogP contribution in [0.25, 0.3) is 0 Å². The second-order valence-electron chi connectivity index (χ2n) is 7.57. The van der Waals surface area contributed by atoms with Gasteiger partial charge in [0.1, 0.15) is 0 Å². The van der Waals surface area contributed by atoms with Gasteiger partial charge in [-0.05, 0) is 62.6 Å².